The molecule has 1 atom stereocenters. The van der Waals surface area contributed by atoms with Crippen molar-refractivity contribution in [2.24, 2.45) is 0 Å². The zero-order chi connectivity index (χ0) is 24.8. The molecule has 1 unspecified atom stereocenters. The summed E-state index contributed by atoms with van der Waals surface area (Å²) in [5.74, 6) is 1.40. The second-order valence-electron chi connectivity index (χ2n) is 7.63. The van der Waals surface area contributed by atoms with Gasteiger partial charge in [-0.2, -0.15) is 0 Å². The number of hydrogen-bond acceptors (Lipinski definition) is 8. The standard InChI is InChI=1S/C23H24N6O5S/c1-33-17-8-6-16(7-9-17)29-19(11-15-12-20(30)26-22(32)25-15)27-28-23(29)35-13-21(31)24-14-4-3-5-18(10-14)34-2/h3-10,15H,11-13H2,1-2H3,(H,24,31)(H2,25,26,30,32). The first-order valence-electron chi connectivity index (χ1n) is 10.7. The zero-order valence-electron chi connectivity index (χ0n) is 19.1. The van der Waals surface area contributed by atoms with Crippen LogP contribution >= 0.6 is 11.8 Å². The van der Waals surface area contributed by atoms with Crippen LogP contribution in [0.15, 0.2) is 53.7 Å². The fourth-order valence-electron chi connectivity index (χ4n) is 3.56. The fourth-order valence-corrected chi connectivity index (χ4v) is 4.33. The van der Waals surface area contributed by atoms with Crippen molar-refractivity contribution in [1.29, 1.82) is 0 Å². The topological polar surface area (TPSA) is 136 Å². The van der Waals surface area contributed by atoms with Crippen molar-refractivity contribution in [2.45, 2.75) is 24.0 Å². The van der Waals surface area contributed by atoms with E-state index in [1.165, 1.54) is 11.8 Å². The minimum atomic E-state index is -0.537. The van der Waals surface area contributed by atoms with Gasteiger partial charge in [-0.05, 0) is 36.4 Å². The number of carbonyl (C=O) groups excluding carboxylic acids is 3. The maximum absolute atomic E-state index is 12.6. The molecule has 0 radical (unpaired) electrons. The van der Waals surface area contributed by atoms with E-state index in [4.69, 9.17) is 9.47 Å². The van der Waals surface area contributed by atoms with Crippen LogP contribution in [0.2, 0.25) is 0 Å². The lowest BCUT2D eigenvalue weighted by Crippen LogP contribution is -2.53. The number of urea groups is 1. The number of ether oxygens (including phenoxy) is 2. The molecule has 1 aliphatic rings. The lowest BCUT2D eigenvalue weighted by atomic mass is 10.1. The van der Waals surface area contributed by atoms with Gasteiger partial charge in [-0.1, -0.05) is 17.8 Å². The molecular formula is C23H24N6O5S. The van der Waals surface area contributed by atoms with E-state index in [-0.39, 0.29) is 30.4 Å². The monoisotopic (exact) mass is 496 g/mol. The Morgan fingerprint density at radius 2 is 1.89 bits per heavy atom. The Balaban J connectivity index is 1.53. The smallest absolute Gasteiger partial charge is 0.321 e. The van der Waals surface area contributed by atoms with E-state index in [0.29, 0.717) is 28.2 Å². The number of thioether (sulfide) groups is 1. The molecule has 4 rings (SSSR count). The molecule has 3 aromatic rings. The highest BCUT2D eigenvalue weighted by molar-refractivity contribution is 7.99. The number of imide groups is 1. The van der Waals surface area contributed by atoms with Crippen LogP contribution in [0.3, 0.4) is 0 Å². The maximum Gasteiger partial charge on any atom is 0.321 e. The van der Waals surface area contributed by atoms with Gasteiger partial charge >= 0.3 is 6.03 Å². The van der Waals surface area contributed by atoms with Crippen molar-refractivity contribution in [3.8, 4) is 17.2 Å². The third-order valence-electron chi connectivity index (χ3n) is 5.17. The van der Waals surface area contributed by atoms with Gasteiger partial charge in [0.25, 0.3) is 0 Å². The lowest BCUT2D eigenvalue weighted by molar-refractivity contribution is -0.121. The van der Waals surface area contributed by atoms with Gasteiger partial charge in [0.1, 0.15) is 17.3 Å². The van der Waals surface area contributed by atoms with Crippen molar-refractivity contribution in [3.05, 3.63) is 54.4 Å². The summed E-state index contributed by atoms with van der Waals surface area (Å²) in [5.41, 5.74) is 1.38. The molecule has 1 saturated heterocycles. The third kappa shape index (κ3) is 6.09. The van der Waals surface area contributed by atoms with E-state index in [1.807, 2.05) is 16.7 Å². The highest BCUT2D eigenvalue weighted by Crippen LogP contribution is 2.25. The molecule has 1 aliphatic heterocycles. The van der Waals surface area contributed by atoms with Crippen molar-refractivity contribution < 1.29 is 23.9 Å². The van der Waals surface area contributed by atoms with Crippen LogP contribution in [0, 0.1) is 0 Å². The first-order valence-corrected chi connectivity index (χ1v) is 11.7. The van der Waals surface area contributed by atoms with Crippen LogP contribution in [0.5, 0.6) is 11.5 Å². The van der Waals surface area contributed by atoms with Crippen molar-refractivity contribution in [2.75, 3.05) is 25.3 Å². The number of methoxy groups -OCH3 is 2. The molecule has 2 heterocycles. The number of aromatic nitrogens is 3. The SMILES string of the molecule is COc1ccc(-n2c(CC3CC(=O)NC(=O)N3)nnc2SCC(=O)Nc2cccc(OC)c2)cc1. The molecule has 2 aromatic carbocycles. The Morgan fingerprint density at radius 1 is 1.11 bits per heavy atom. The van der Waals surface area contributed by atoms with E-state index >= 15 is 0 Å². The van der Waals surface area contributed by atoms with Crippen LogP contribution in [0.4, 0.5) is 10.5 Å². The molecule has 4 amide bonds. The molecule has 0 spiro atoms. The molecule has 12 heteroatoms. The number of nitrogens with one attached hydrogen (secondary N) is 3. The zero-order valence-corrected chi connectivity index (χ0v) is 19.9. The number of anilines is 1. The number of amides is 4. The van der Waals surface area contributed by atoms with E-state index < -0.39 is 12.1 Å². The van der Waals surface area contributed by atoms with Crippen LogP contribution in [0.1, 0.15) is 12.2 Å². The van der Waals surface area contributed by atoms with Crippen molar-refractivity contribution in [3.63, 3.8) is 0 Å². The molecule has 35 heavy (non-hydrogen) atoms. The summed E-state index contributed by atoms with van der Waals surface area (Å²) in [5, 5.41) is 16.9. The normalized spacial score (nSPS) is 15.2. The summed E-state index contributed by atoms with van der Waals surface area (Å²) in [6, 6.07) is 13.4. The Bertz CT molecular complexity index is 1210. The summed E-state index contributed by atoms with van der Waals surface area (Å²) in [4.78, 5) is 36.1. The van der Waals surface area contributed by atoms with E-state index in [9.17, 15) is 14.4 Å². The van der Waals surface area contributed by atoms with Crippen LogP contribution in [-0.4, -0.2) is 58.6 Å². The van der Waals surface area contributed by atoms with Gasteiger partial charge in [0.15, 0.2) is 5.16 Å². The summed E-state index contributed by atoms with van der Waals surface area (Å²) in [7, 11) is 3.14. The maximum atomic E-state index is 12.6. The predicted molar refractivity (Wildman–Crippen MR) is 129 cm³/mol. The summed E-state index contributed by atoms with van der Waals surface area (Å²) in [6.07, 6.45) is 0.418. The Hall–Kier alpha value is -4.06. The Morgan fingerprint density at radius 3 is 2.60 bits per heavy atom. The van der Waals surface area contributed by atoms with Gasteiger partial charge in [0.2, 0.25) is 11.8 Å². The molecule has 0 saturated carbocycles. The van der Waals surface area contributed by atoms with Gasteiger partial charge in [0.05, 0.1) is 20.0 Å². The van der Waals surface area contributed by atoms with Gasteiger partial charge in [-0.3, -0.25) is 19.5 Å². The van der Waals surface area contributed by atoms with Gasteiger partial charge in [0, 0.05) is 36.3 Å². The highest BCUT2D eigenvalue weighted by atomic mass is 32.2. The number of benzene rings is 2. The first-order chi connectivity index (χ1) is 16.9. The first kappa shape index (κ1) is 24.1. The fraction of sp³-hybridized carbons (Fsp3) is 0.261. The molecule has 0 aliphatic carbocycles. The van der Waals surface area contributed by atoms with E-state index in [2.05, 4.69) is 26.1 Å². The molecule has 1 aromatic heterocycles. The van der Waals surface area contributed by atoms with Gasteiger partial charge < -0.3 is 20.1 Å². The number of nitrogens with zero attached hydrogens (tertiary/aromatic N) is 3. The molecule has 182 valence electrons. The summed E-state index contributed by atoms with van der Waals surface area (Å²) in [6.45, 7) is 0. The number of hydrogen-bond donors (Lipinski definition) is 3. The highest BCUT2D eigenvalue weighted by Gasteiger charge is 2.27. The largest absolute Gasteiger partial charge is 0.497 e. The molecule has 1 fully saturated rings. The third-order valence-corrected chi connectivity index (χ3v) is 6.09. The van der Waals surface area contributed by atoms with Gasteiger partial charge in [-0.15, -0.1) is 10.2 Å². The quantitative estimate of drug-likeness (QED) is 0.384. The van der Waals surface area contributed by atoms with Gasteiger partial charge in [-0.25, -0.2) is 4.79 Å². The summed E-state index contributed by atoms with van der Waals surface area (Å²) < 4.78 is 12.2. The molecular weight excluding hydrogens is 472 g/mol. The predicted octanol–water partition coefficient (Wildman–Crippen LogP) is 2.16. The molecule has 11 nitrogen and oxygen atoms in total. The molecule has 0 bridgehead atoms. The van der Waals surface area contributed by atoms with E-state index in [1.54, 1.807) is 50.6 Å². The average Bonchev–Trinajstić information content (AvgIpc) is 3.24. The Kier molecular flexibility index (Phi) is 7.51. The van der Waals surface area contributed by atoms with Crippen LogP contribution < -0.4 is 25.4 Å². The van der Waals surface area contributed by atoms with Crippen molar-refractivity contribution in [1.82, 2.24) is 25.4 Å². The van der Waals surface area contributed by atoms with E-state index in [0.717, 1.165) is 5.69 Å². The average molecular weight is 497 g/mol. The Labute approximate surface area is 205 Å². The number of carbonyl (C=O) groups is 3. The minimum absolute atomic E-state index is 0.0913. The number of rotatable bonds is 9. The minimum Gasteiger partial charge on any atom is -0.497 e. The second-order valence-corrected chi connectivity index (χ2v) is 8.57. The van der Waals surface area contributed by atoms with Crippen LogP contribution in [0.25, 0.3) is 5.69 Å². The second kappa shape index (κ2) is 10.9. The molecule has 3 N–H and O–H groups in total. The van der Waals surface area contributed by atoms with Crippen LogP contribution in [-0.2, 0) is 16.0 Å². The lowest BCUT2D eigenvalue weighted by Gasteiger charge is -2.23. The summed E-state index contributed by atoms with van der Waals surface area (Å²) >= 11 is 1.22. The van der Waals surface area contributed by atoms with Crippen molar-refractivity contribution >= 4 is 35.3 Å².